The highest BCUT2D eigenvalue weighted by atomic mass is 16.1. The number of aromatic amines is 1. The van der Waals surface area contributed by atoms with Crippen LogP contribution >= 0.6 is 0 Å². The summed E-state index contributed by atoms with van der Waals surface area (Å²) < 4.78 is 0. The highest BCUT2D eigenvalue weighted by molar-refractivity contribution is 5.66. The van der Waals surface area contributed by atoms with Crippen LogP contribution in [0.5, 0.6) is 0 Å². The molecular weight excluding hydrogens is 248 g/mol. The molecule has 98 valence electrons. The lowest BCUT2D eigenvalue weighted by Crippen LogP contribution is -2.14. The van der Waals surface area contributed by atoms with E-state index in [2.05, 4.69) is 9.97 Å². The van der Waals surface area contributed by atoms with Gasteiger partial charge in [-0.05, 0) is 29.3 Å². The first kappa shape index (κ1) is 12.4. The fourth-order valence-corrected chi connectivity index (χ4v) is 2.26. The van der Waals surface area contributed by atoms with E-state index in [1.165, 1.54) is 0 Å². The van der Waals surface area contributed by atoms with E-state index in [1.807, 2.05) is 54.6 Å². The third-order valence-electron chi connectivity index (χ3n) is 3.23. The molecule has 1 N–H and O–H groups in total. The summed E-state index contributed by atoms with van der Waals surface area (Å²) in [4.78, 5) is 19.2. The number of nitrogens with zero attached hydrogens (tertiary/aromatic N) is 1. The molecule has 3 nitrogen and oxygen atoms in total. The Morgan fingerprint density at radius 2 is 1.75 bits per heavy atom. The molecule has 2 heterocycles. The summed E-state index contributed by atoms with van der Waals surface area (Å²) >= 11 is 0. The summed E-state index contributed by atoms with van der Waals surface area (Å²) in [5, 5.41) is 0. The molecule has 0 spiro atoms. The average molecular weight is 262 g/mol. The van der Waals surface area contributed by atoms with Crippen LogP contribution in [0.25, 0.3) is 11.1 Å². The maximum Gasteiger partial charge on any atom is 0.252 e. The molecule has 0 aliphatic carbocycles. The minimum Gasteiger partial charge on any atom is -0.329 e. The number of hydrogen-bond donors (Lipinski definition) is 1. The van der Waals surface area contributed by atoms with Gasteiger partial charge in [0.05, 0.1) is 0 Å². The van der Waals surface area contributed by atoms with Gasteiger partial charge in [-0.2, -0.15) is 0 Å². The second kappa shape index (κ2) is 5.53. The zero-order chi connectivity index (χ0) is 13.8. The zero-order valence-corrected chi connectivity index (χ0v) is 10.9. The molecule has 0 unspecified atom stereocenters. The molecular formula is C17H14N2O. The van der Waals surface area contributed by atoms with Gasteiger partial charge in [0.2, 0.25) is 0 Å². The smallest absolute Gasteiger partial charge is 0.252 e. The van der Waals surface area contributed by atoms with Crippen LogP contribution in [0.3, 0.4) is 0 Å². The number of benzene rings is 1. The first-order valence-electron chi connectivity index (χ1n) is 6.50. The van der Waals surface area contributed by atoms with Crippen molar-refractivity contribution < 1.29 is 0 Å². The van der Waals surface area contributed by atoms with Crippen molar-refractivity contribution in [2.24, 2.45) is 0 Å². The minimum absolute atomic E-state index is 0.0583. The highest BCUT2D eigenvalue weighted by Crippen LogP contribution is 2.22. The van der Waals surface area contributed by atoms with Gasteiger partial charge in [0.1, 0.15) is 0 Å². The van der Waals surface area contributed by atoms with Crippen molar-refractivity contribution in [2.45, 2.75) is 6.42 Å². The maximum atomic E-state index is 12.1. The van der Waals surface area contributed by atoms with E-state index in [-0.39, 0.29) is 5.56 Å². The molecule has 0 fully saturated rings. The number of pyridine rings is 2. The lowest BCUT2D eigenvalue weighted by atomic mass is 9.98. The molecule has 2 aromatic heterocycles. The molecule has 0 aliphatic heterocycles. The van der Waals surface area contributed by atoms with Crippen LogP contribution in [-0.4, -0.2) is 9.97 Å². The predicted molar refractivity (Wildman–Crippen MR) is 79.5 cm³/mol. The minimum atomic E-state index is -0.0583. The molecule has 20 heavy (non-hydrogen) atoms. The van der Waals surface area contributed by atoms with Crippen molar-refractivity contribution in [1.82, 2.24) is 9.97 Å². The quantitative estimate of drug-likeness (QED) is 0.788. The van der Waals surface area contributed by atoms with Gasteiger partial charge in [0.25, 0.3) is 5.56 Å². The summed E-state index contributed by atoms with van der Waals surface area (Å²) in [5.74, 6) is 0. The molecule has 3 aromatic rings. The number of rotatable bonds is 3. The molecule has 0 amide bonds. The van der Waals surface area contributed by atoms with Crippen LogP contribution in [0.1, 0.15) is 11.3 Å². The lowest BCUT2D eigenvalue weighted by Gasteiger charge is -2.08. The van der Waals surface area contributed by atoms with E-state index in [4.69, 9.17) is 0 Å². The molecule has 0 radical (unpaired) electrons. The Bertz CT molecular complexity index is 749. The normalized spacial score (nSPS) is 10.4. The Kier molecular flexibility index (Phi) is 3.42. The number of hydrogen-bond acceptors (Lipinski definition) is 2. The summed E-state index contributed by atoms with van der Waals surface area (Å²) in [6.07, 6.45) is 3.96. The summed E-state index contributed by atoms with van der Waals surface area (Å²) in [7, 11) is 0. The topological polar surface area (TPSA) is 45.8 Å². The number of nitrogens with one attached hydrogen (secondary N) is 1. The van der Waals surface area contributed by atoms with Crippen molar-refractivity contribution in [3.05, 3.63) is 88.6 Å². The molecule has 0 aliphatic rings. The van der Waals surface area contributed by atoms with Gasteiger partial charge in [0.15, 0.2) is 0 Å². The van der Waals surface area contributed by atoms with Gasteiger partial charge in [-0.15, -0.1) is 0 Å². The molecule has 0 saturated carbocycles. The van der Waals surface area contributed by atoms with Crippen LogP contribution in [0.4, 0.5) is 0 Å². The van der Waals surface area contributed by atoms with Gasteiger partial charge in [0, 0.05) is 30.1 Å². The summed E-state index contributed by atoms with van der Waals surface area (Å²) in [5.41, 5.74) is 3.58. The van der Waals surface area contributed by atoms with E-state index in [9.17, 15) is 4.79 Å². The number of H-pyrrole nitrogens is 1. The first-order valence-corrected chi connectivity index (χ1v) is 6.50. The largest absolute Gasteiger partial charge is 0.329 e. The second-order valence-electron chi connectivity index (χ2n) is 4.56. The Morgan fingerprint density at radius 1 is 0.950 bits per heavy atom. The fourth-order valence-electron chi connectivity index (χ4n) is 2.26. The summed E-state index contributed by atoms with van der Waals surface area (Å²) in [6, 6.07) is 17.6. The summed E-state index contributed by atoms with van der Waals surface area (Å²) in [6.45, 7) is 0. The molecule has 3 rings (SSSR count). The van der Waals surface area contributed by atoms with Gasteiger partial charge < -0.3 is 4.98 Å². The standard InChI is InChI=1S/C17H14N2O/c20-17-16(12-14-8-4-5-10-18-14)15(9-11-19-17)13-6-2-1-3-7-13/h1-11H,12H2,(H,19,20). The predicted octanol–water partition coefficient (Wildman–Crippen LogP) is 3.03. The van der Waals surface area contributed by atoms with Crippen LogP contribution < -0.4 is 5.56 Å². The Labute approximate surface area is 117 Å². The fraction of sp³-hybridized carbons (Fsp3) is 0.0588. The van der Waals surface area contributed by atoms with Gasteiger partial charge in [-0.3, -0.25) is 9.78 Å². The lowest BCUT2D eigenvalue weighted by molar-refractivity contribution is 1.03. The third kappa shape index (κ3) is 2.52. The van der Waals surface area contributed by atoms with E-state index in [0.717, 1.165) is 22.4 Å². The molecule has 0 atom stereocenters. The monoisotopic (exact) mass is 262 g/mol. The molecule has 0 saturated heterocycles. The molecule has 3 heteroatoms. The maximum absolute atomic E-state index is 12.1. The first-order chi connectivity index (χ1) is 9.84. The Morgan fingerprint density at radius 3 is 2.50 bits per heavy atom. The van der Waals surface area contributed by atoms with Crippen molar-refractivity contribution in [3.63, 3.8) is 0 Å². The van der Waals surface area contributed by atoms with Crippen molar-refractivity contribution in [1.29, 1.82) is 0 Å². The molecule has 0 bridgehead atoms. The van der Waals surface area contributed by atoms with Gasteiger partial charge >= 0.3 is 0 Å². The van der Waals surface area contributed by atoms with E-state index < -0.39 is 0 Å². The van der Waals surface area contributed by atoms with Crippen LogP contribution in [0.15, 0.2) is 71.8 Å². The van der Waals surface area contributed by atoms with E-state index in [0.29, 0.717) is 6.42 Å². The van der Waals surface area contributed by atoms with Crippen molar-refractivity contribution in [2.75, 3.05) is 0 Å². The zero-order valence-electron chi connectivity index (χ0n) is 10.9. The SMILES string of the molecule is O=c1[nH]ccc(-c2ccccc2)c1Cc1ccccn1. The third-order valence-corrected chi connectivity index (χ3v) is 3.23. The number of aromatic nitrogens is 2. The van der Waals surface area contributed by atoms with Crippen molar-refractivity contribution in [3.8, 4) is 11.1 Å². The highest BCUT2D eigenvalue weighted by Gasteiger charge is 2.10. The van der Waals surface area contributed by atoms with Crippen LogP contribution in [0, 0.1) is 0 Å². The average Bonchev–Trinajstić information content (AvgIpc) is 2.51. The van der Waals surface area contributed by atoms with Crippen LogP contribution in [-0.2, 0) is 6.42 Å². The van der Waals surface area contributed by atoms with Gasteiger partial charge in [-0.1, -0.05) is 36.4 Å². The van der Waals surface area contributed by atoms with E-state index >= 15 is 0 Å². The Balaban J connectivity index is 2.09. The molecule has 1 aromatic carbocycles. The second-order valence-corrected chi connectivity index (χ2v) is 4.56. The van der Waals surface area contributed by atoms with Gasteiger partial charge in [-0.25, -0.2) is 0 Å². The van der Waals surface area contributed by atoms with Crippen LogP contribution in [0.2, 0.25) is 0 Å². The van der Waals surface area contributed by atoms with E-state index in [1.54, 1.807) is 12.4 Å². The Hall–Kier alpha value is -2.68. The van der Waals surface area contributed by atoms with Crippen molar-refractivity contribution >= 4 is 0 Å².